The molecule has 24 heavy (non-hydrogen) atoms. The summed E-state index contributed by atoms with van der Waals surface area (Å²) >= 11 is 0. The summed E-state index contributed by atoms with van der Waals surface area (Å²) in [6, 6.07) is 3.65. The molecule has 0 bridgehead atoms. The molecule has 0 spiro atoms. The number of nitrogens with zero attached hydrogens (tertiary/aromatic N) is 2. The Morgan fingerprint density at radius 1 is 1.17 bits per heavy atom. The summed E-state index contributed by atoms with van der Waals surface area (Å²) in [5.74, 6) is -1.85. The average molecular weight is 336 g/mol. The highest BCUT2D eigenvalue weighted by molar-refractivity contribution is 5.82. The van der Waals surface area contributed by atoms with Crippen LogP contribution in [0.5, 0.6) is 0 Å². The molecule has 2 heterocycles. The van der Waals surface area contributed by atoms with Crippen molar-refractivity contribution in [1.82, 2.24) is 9.80 Å². The number of carbonyl (C=O) groups is 2. The summed E-state index contributed by atoms with van der Waals surface area (Å²) in [4.78, 5) is 28.2. The van der Waals surface area contributed by atoms with Gasteiger partial charge in [0, 0.05) is 26.1 Å². The molecule has 0 radical (unpaired) electrons. The SMILES string of the molecule is CCC(=O)N1CCC(C(=O)N2CCCC2c2ccc(F)c(F)c2)C1. The van der Waals surface area contributed by atoms with E-state index in [2.05, 4.69) is 0 Å². The fraction of sp³-hybridized carbons (Fsp3) is 0.556. The molecule has 0 N–H and O–H groups in total. The van der Waals surface area contributed by atoms with Crippen molar-refractivity contribution in [2.75, 3.05) is 19.6 Å². The minimum absolute atomic E-state index is 0.0219. The third kappa shape index (κ3) is 3.14. The van der Waals surface area contributed by atoms with Crippen molar-refractivity contribution in [3.05, 3.63) is 35.4 Å². The van der Waals surface area contributed by atoms with Crippen molar-refractivity contribution in [2.24, 2.45) is 5.92 Å². The van der Waals surface area contributed by atoms with E-state index in [1.165, 1.54) is 6.07 Å². The molecule has 2 saturated heterocycles. The van der Waals surface area contributed by atoms with Crippen LogP contribution in [0.25, 0.3) is 0 Å². The minimum atomic E-state index is -0.882. The Morgan fingerprint density at radius 2 is 1.96 bits per heavy atom. The van der Waals surface area contributed by atoms with Crippen LogP contribution in [0.4, 0.5) is 8.78 Å². The molecule has 4 nitrogen and oxygen atoms in total. The summed E-state index contributed by atoms with van der Waals surface area (Å²) < 4.78 is 26.7. The Labute approximate surface area is 140 Å². The lowest BCUT2D eigenvalue weighted by Gasteiger charge is -2.28. The smallest absolute Gasteiger partial charge is 0.228 e. The second kappa shape index (κ2) is 6.87. The number of carbonyl (C=O) groups excluding carboxylic acids is 2. The van der Waals surface area contributed by atoms with Crippen molar-refractivity contribution in [1.29, 1.82) is 0 Å². The van der Waals surface area contributed by atoms with Crippen molar-refractivity contribution in [3.63, 3.8) is 0 Å². The second-order valence-corrected chi connectivity index (χ2v) is 6.54. The van der Waals surface area contributed by atoms with Crippen molar-refractivity contribution in [2.45, 2.75) is 38.6 Å². The molecular weight excluding hydrogens is 314 g/mol. The first-order valence-electron chi connectivity index (χ1n) is 8.54. The number of hydrogen-bond acceptors (Lipinski definition) is 2. The standard InChI is InChI=1S/C18H22F2N2O2/c1-2-17(23)21-9-7-13(11-21)18(24)22-8-3-4-16(22)12-5-6-14(19)15(20)10-12/h5-6,10,13,16H,2-4,7-9,11H2,1H3. The lowest BCUT2D eigenvalue weighted by molar-refractivity contribution is -0.136. The normalized spacial score (nSPS) is 23.8. The molecule has 130 valence electrons. The van der Waals surface area contributed by atoms with E-state index < -0.39 is 11.6 Å². The number of rotatable bonds is 3. The van der Waals surface area contributed by atoms with E-state index in [1.807, 2.05) is 6.92 Å². The maximum absolute atomic E-state index is 13.5. The molecule has 2 atom stereocenters. The van der Waals surface area contributed by atoms with Gasteiger partial charge in [0.05, 0.1) is 12.0 Å². The van der Waals surface area contributed by atoms with Gasteiger partial charge >= 0.3 is 0 Å². The molecule has 2 amide bonds. The van der Waals surface area contributed by atoms with Crippen LogP contribution >= 0.6 is 0 Å². The van der Waals surface area contributed by atoms with Gasteiger partial charge in [0.15, 0.2) is 11.6 Å². The van der Waals surface area contributed by atoms with Crippen LogP contribution in [-0.2, 0) is 9.59 Å². The maximum Gasteiger partial charge on any atom is 0.228 e. The van der Waals surface area contributed by atoms with E-state index in [9.17, 15) is 18.4 Å². The van der Waals surface area contributed by atoms with Crippen LogP contribution in [0, 0.1) is 17.6 Å². The monoisotopic (exact) mass is 336 g/mol. The number of likely N-dealkylation sites (tertiary alicyclic amines) is 2. The zero-order chi connectivity index (χ0) is 17.3. The molecule has 3 rings (SSSR count). The zero-order valence-electron chi connectivity index (χ0n) is 13.8. The molecule has 0 saturated carbocycles. The Morgan fingerprint density at radius 3 is 2.67 bits per heavy atom. The van der Waals surface area contributed by atoms with Crippen molar-refractivity contribution in [3.8, 4) is 0 Å². The van der Waals surface area contributed by atoms with Gasteiger partial charge in [-0.25, -0.2) is 8.78 Å². The van der Waals surface area contributed by atoms with Gasteiger partial charge in [-0.2, -0.15) is 0 Å². The van der Waals surface area contributed by atoms with Gasteiger partial charge in [-0.05, 0) is 37.0 Å². The van der Waals surface area contributed by atoms with Crippen LogP contribution in [0.2, 0.25) is 0 Å². The summed E-state index contributed by atoms with van der Waals surface area (Å²) in [5, 5.41) is 0. The quantitative estimate of drug-likeness (QED) is 0.852. The van der Waals surface area contributed by atoms with E-state index in [0.29, 0.717) is 38.0 Å². The van der Waals surface area contributed by atoms with Gasteiger partial charge in [-0.15, -0.1) is 0 Å². The molecule has 0 aliphatic carbocycles. The molecule has 6 heteroatoms. The van der Waals surface area contributed by atoms with Gasteiger partial charge in [0.1, 0.15) is 0 Å². The molecule has 2 aliphatic heterocycles. The summed E-state index contributed by atoms with van der Waals surface area (Å²) in [6.07, 6.45) is 2.72. The van der Waals surface area contributed by atoms with E-state index in [-0.39, 0.29) is 23.8 Å². The first kappa shape index (κ1) is 16.9. The predicted octanol–water partition coefficient (Wildman–Crippen LogP) is 2.89. The fourth-order valence-corrected chi connectivity index (χ4v) is 3.74. The van der Waals surface area contributed by atoms with Gasteiger partial charge in [-0.3, -0.25) is 9.59 Å². The predicted molar refractivity (Wildman–Crippen MR) is 85.0 cm³/mol. The highest BCUT2D eigenvalue weighted by Crippen LogP contribution is 2.35. The minimum Gasteiger partial charge on any atom is -0.342 e. The third-order valence-corrected chi connectivity index (χ3v) is 5.06. The Bertz CT molecular complexity index is 650. The number of hydrogen-bond donors (Lipinski definition) is 0. The summed E-state index contributed by atoms with van der Waals surface area (Å²) in [6.45, 7) is 3.52. The van der Waals surface area contributed by atoms with Crippen LogP contribution < -0.4 is 0 Å². The Hall–Kier alpha value is -1.98. The lowest BCUT2D eigenvalue weighted by atomic mass is 10.0. The van der Waals surface area contributed by atoms with Crippen molar-refractivity contribution >= 4 is 11.8 Å². The number of benzene rings is 1. The zero-order valence-corrected chi connectivity index (χ0v) is 13.8. The highest BCUT2D eigenvalue weighted by Gasteiger charge is 2.38. The summed E-state index contributed by atoms with van der Waals surface area (Å²) in [7, 11) is 0. The topological polar surface area (TPSA) is 40.6 Å². The Balaban J connectivity index is 1.72. The van der Waals surface area contributed by atoms with Gasteiger partial charge in [0.25, 0.3) is 0 Å². The van der Waals surface area contributed by atoms with Gasteiger partial charge in [0.2, 0.25) is 11.8 Å². The maximum atomic E-state index is 13.5. The van der Waals surface area contributed by atoms with Crippen LogP contribution in [0.3, 0.4) is 0 Å². The van der Waals surface area contributed by atoms with E-state index in [0.717, 1.165) is 18.9 Å². The largest absolute Gasteiger partial charge is 0.342 e. The van der Waals surface area contributed by atoms with Crippen LogP contribution in [0.15, 0.2) is 18.2 Å². The van der Waals surface area contributed by atoms with Crippen molar-refractivity contribution < 1.29 is 18.4 Å². The van der Waals surface area contributed by atoms with E-state index in [4.69, 9.17) is 0 Å². The highest BCUT2D eigenvalue weighted by atomic mass is 19.2. The fourth-order valence-electron chi connectivity index (χ4n) is 3.74. The van der Waals surface area contributed by atoms with E-state index >= 15 is 0 Å². The van der Waals surface area contributed by atoms with Gasteiger partial charge < -0.3 is 9.80 Å². The average Bonchev–Trinajstić information content (AvgIpc) is 3.25. The Kier molecular flexibility index (Phi) is 4.83. The number of amides is 2. The van der Waals surface area contributed by atoms with Crippen LogP contribution in [0.1, 0.15) is 44.2 Å². The van der Waals surface area contributed by atoms with E-state index in [1.54, 1.807) is 15.9 Å². The first-order chi connectivity index (χ1) is 11.5. The molecular formula is C18H22F2N2O2. The lowest BCUT2D eigenvalue weighted by Crippen LogP contribution is -2.37. The molecule has 2 unspecified atom stereocenters. The first-order valence-corrected chi connectivity index (χ1v) is 8.54. The van der Waals surface area contributed by atoms with Crippen LogP contribution in [-0.4, -0.2) is 41.2 Å². The third-order valence-electron chi connectivity index (χ3n) is 5.06. The molecule has 2 aliphatic rings. The number of halogens is 2. The molecule has 0 aromatic heterocycles. The summed E-state index contributed by atoms with van der Waals surface area (Å²) in [5.41, 5.74) is 0.638. The molecule has 1 aromatic rings. The molecule has 2 fully saturated rings. The van der Waals surface area contributed by atoms with Gasteiger partial charge in [-0.1, -0.05) is 13.0 Å². The second-order valence-electron chi connectivity index (χ2n) is 6.54. The molecule has 1 aromatic carbocycles.